The number of benzene rings is 1. The average molecular weight is 457 g/mol. The van der Waals surface area contributed by atoms with E-state index in [2.05, 4.69) is 15.6 Å². The van der Waals surface area contributed by atoms with Crippen LogP contribution in [-0.2, 0) is 0 Å². The number of nitrogen functional groups attached to an aromatic ring is 1. The Labute approximate surface area is 191 Å². The summed E-state index contributed by atoms with van der Waals surface area (Å²) in [6.45, 7) is 4.30. The molecule has 0 spiro atoms. The van der Waals surface area contributed by atoms with Crippen LogP contribution in [0, 0.1) is 16.6 Å². The van der Waals surface area contributed by atoms with Crippen LogP contribution >= 0.6 is 11.6 Å². The van der Waals surface area contributed by atoms with Gasteiger partial charge in [0.25, 0.3) is 0 Å². The molecule has 1 aromatic carbocycles. The maximum absolute atomic E-state index is 14.2. The Hall–Kier alpha value is -3.39. The van der Waals surface area contributed by atoms with E-state index in [4.69, 9.17) is 32.9 Å². The van der Waals surface area contributed by atoms with E-state index in [9.17, 15) is 4.39 Å². The van der Waals surface area contributed by atoms with Crippen molar-refractivity contribution in [3.8, 4) is 5.75 Å². The van der Waals surface area contributed by atoms with E-state index in [1.165, 1.54) is 24.4 Å². The molecule has 0 amide bonds. The molecule has 2 heterocycles. The molecule has 1 aliphatic heterocycles. The van der Waals surface area contributed by atoms with Gasteiger partial charge in [-0.2, -0.15) is 0 Å². The van der Waals surface area contributed by atoms with Crippen molar-refractivity contribution in [1.82, 2.24) is 15.6 Å². The van der Waals surface area contributed by atoms with Gasteiger partial charge in [-0.25, -0.2) is 9.37 Å². The van der Waals surface area contributed by atoms with Gasteiger partial charge in [-0.3, -0.25) is 5.41 Å². The molecule has 9 heteroatoms. The molecule has 3 rings (SSSR count). The molecular weight excluding hydrogens is 431 g/mol. The maximum atomic E-state index is 14.2. The number of halogens is 2. The summed E-state index contributed by atoms with van der Waals surface area (Å²) in [5.74, 6) is 0.0801. The highest BCUT2D eigenvalue weighted by molar-refractivity contribution is 6.33. The summed E-state index contributed by atoms with van der Waals surface area (Å²) in [7, 11) is 1.66. The number of nitrogens with two attached hydrogens (primary N) is 1. The number of hydrogen-bond donors (Lipinski definition) is 5. The molecule has 32 heavy (non-hydrogen) atoms. The standard InChI is InChI=1S/C23H26ClFN6O/c1-4-30-21-13(10-26)7-18(22(24)29-3)20(27)16-6-5-15(25)9-17(16)12(2)32-19-8-14(21)11-31-23(19)28/h5-6,8-12,26-27,29-30H,4,7H2,1-3H3,(H2,28,31)/b21-13-,22-18-,26-10?,27-20?. The second kappa shape index (κ2) is 9.82. The Kier molecular flexibility index (Phi) is 7.15. The van der Waals surface area contributed by atoms with Gasteiger partial charge in [-0.05, 0) is 43.7 Å². The van der Waals surface area contributed by atoms with Gasteiger partial charge in [0, 0.05) is 60.4 Å². The van der Waals surface area contributed by atoms with Gasteiger partial charge < -0.3 is 26.5 Å². The average Bonchev–Trinajstić information content (AvgIpc) is 2.78. The zero-order valence-electron chi connectivity index (χ0n) is 18.1. The van der Waals surface area contributed by atoms with Crippen LogP contribution in [0.4, 0.5) is 10.2 Å². The quantitative estimate of drug-likeness (QED) is 0.346. The molecule has 1 aromatic heterocycles. The minimum Gasteiger partial charge on any atom is -0.482 e. The lowest BCUT2D eigenvalue weighted by Crippen LogP contribution is -2.20. The Morgan fingerprint density at radius 2 is 2.16 bits per heavy atom. The number of rotatable bonds is 4. The van der Waals surface area contributed by atoms with Gasteiger partial charge in [0.05, 0.1) is 5.71 Å². The summed E-state index contributed by atoms with van der Waals surface area (Å²) in [5.41, 5.74) is 9.51. The second-order valence-corrected chi connectivity index (χ2v) is 7.65. The predicted molar refractivity (Wildman–Crippen MR) is 127 cm³/mol. The Bertz CT molecular complexity index is 1130. The molecule has 6 N–H and O–H groups in total. The number of hydrogen-bond acceptors (Lipinski definition) is 7. The number of anilines is 1. The fourth-order valence-electron chi connectivity index (χ4n) is 3.61. The van der Waals surface area contributed by atoms with Crippen LogP contribution in [0.15, 0.2) is 46.8 Å². The first-order valence-electron chi connectivity index (χ1n) is 10.2. The third kappa shape index (κ3) is 4.60. The molecule has 1 aliphatic rings. The van der Waals surface area contributed by atoms with Gasteiger partial charge in [-0.1, -0.05) is 11.6 Å². The lowest BCUT2D eigenvalue weighted by Gasteiger charge is -2.24. The van der Waals surface area contributed by atoms with Crippen molar-refractivity contribution in [3.05, 3.63) is 69.3 Å². The van der Waals surface area contributed by atoms with Gasteiger partial charge >= 0.3 is 0 Å². The molecule has 1 unspecified atom stereocenters. The normalized spacial score (nSPS) is 20.3. The molecule has 168 valence electrons. The van der Waals surface area contributed by atoms with Crippen LogP contribution in [0.3, 0.4) is 0 Å². The first-order valence-corrected chi connectivity index (χ1v) is 10.5. The molecular formula is C23H26ClFN6O. The van der Waals surface area contributed by atoms with Crippen LogP contribution in [-0.4, -0.2) is 30.5 Å². The van der Waals surface area contributed by atoms with Crippen molar-refractivity contribution in [2.75, 3.05) is 19.3 Å². The number of allylic oxidation sites excluding steroid dienone is 2. The monoisotopic (exact) mass is 456 g/mol. The predicted octanol–water partition coefficient (Wildman–Crippen LogP) is 4.35. The molecule has 2 aromatic rings. The zero-order chi connectivity index (χ0) is 23.4. The van der Waals surface area contributed by atoms with E-state index >= 15 is 0 Å². The van der Waals surface area contributed by atoms with Crippen LogP contribution in [0.5, 0.6) is 5.75 Å². The number of nitrogens with zero attached hydrogens (tertiary/aromatic N) is 1. The molecule has 0 saturated heterocycles. The van der Waals surface area contributed by atoms with Gasteiger partial charge in [-0.15, -0.1) is 0 Å². The van der Waals surface area contributed by atoms with Crippen molar-refractivity contribution in [3.63, 3.8) is 0 Å². The molecule has 2 bridgehead atoms. The van der Waals surface area contributed by atoms with Crippen LogP contribution in [0.1, 0.15) is 43.1 Å². The van der Waals surface area contributed by atoms with Crippen LogP contribution < -0.4 is 21.1 Å². The van der Waals surface area contributed by atoms with Crippen molar-refractivity contribution in [1.29, 1.82) is 10.8 Å². The van der Waals surface area contributed by atoms with E-state index < -0.39 is 11.9 Å². The van der Waals surface area contributed by atoms with Crippen molar-refractivity contribution in [2.45, 2.75) is 26.4 Å². The number of ether oxygens (including phenoxy) is 1. The van der Waals surface area contributed by atoms with Crippen LogP contribution in [0.25, 0.3) is 5.70 Å². The minimum atomic E-state index is -0.622. The fourth-order valence-corrected chi connectivity index (χ4v) is 3.77. The lowest BCUT2D eigenvalue weighted by atomic mass is 9.90. The number of nitrogens with one attached hydrogen (secondary N) is 4. The Morgan fingerprint density at radius 1 is 1.41 bits per heavy atom. The van der Waals surface area contributed by atoms with E-state index in [0.717, 1.165) is 0 Å². The van der Waals surface area contributed by atoms with Gasteiger partial charge in [0.1, 0.15) is 17.1 Å². The highest BCUT2D eigenvalue weighted by Gasteiger charge is 2.24. The molecule has 0 aliphatic carbocycles. The third-order valence-electron chi connectivity index (χ3n) is 5.20. The summed E-state index contributed by atoms with van der Waals surface area (Å²) >= 11 is 6.48. The first kappa shape index (κ1) is 23.3. The SMILES string of the molecule is CCN/C1=C(\C=N)C/C(=C(\Cl)NC)C(=N)c2ccc(F)cc2C(C)Oc2cc1cnc2N. The van der Waals surface area contributed by atoms with Crippen molar-refractivity contribution in [2.24, 2.45) is 0 Å². The number of fused-ring (bicyclic) bond motifs is 3. The Balaban J connectivity index is 2.36. The first-order chi connectivity index (χ1) is 15.3. The minimum absolute atomic E-state index is 0.111. The van der Waals surface area contributed by atoms with Crippen molar-refractivity contribution < 1.29 is 9.13 Å². The smallest absolute Gasteiger partial charge is 0.166 e. The second-order valence-electron chi connectivity index (χ2n) is 7.27. The summed E-state index contributed by atoms with van der Waals surface area (Å²) < 4.78 is 20.2. The third-order valence-corrected chi connectivity index (χ3v) is 5.61. The lowest BCUT2D eigenvalue weighted by molar-refractivity contribution is 0.227. The van der Waals surface area contributed by atoms with Crippen LogP contribution in [0.2, 0.25) is 0 Å². The van der Waals surface area contributed by atoms with E-state index in [-0.39, 0.29) is 23.1 Å². The summed E-state index contributed by atoms with van der Waals surface area (Å²) in [4.78, 5) is 4.26. The number of aromatic nitrogens is 1. The van der Waals surface area contributed by atoms with E-state index in [1.807, 2.05) is 6.92 Å². The maximum Gasteiger partial charge on any atom is 0.166 e. The van der Waals surface area contributed by atoms with Gasteiger partial charge in [0.2, 0.25) is 0 Å². The van der Waals surface area contributed by atoms with Crippen molar-refractivity contribution >= 4 is 35.0 Å². The topological polar surface area (TPSA) is 120 Å². The highest BCUT2D eigenvalue weighted by atomic mass is 35.5. The highest BCUT2D eigenvalue weighted by Crippen LogP contribution is 2.34. The largest absolute Gasteiger partial charge is 0.482 e. The molecule has 0 saturated carbocycles. The van der Waals surface area contributed by atoms with E-state index in [0.29, 0.717) is 45.8 Å². The molecule has 0 fully saturated rings. The summed E-state index contributed by atoms with van der Waals surface area (Å²) in [5, 5.41) is 23.4. The Morgan fingerprint density at radius 3 is 2.81 bits per heavy atom. The van der Waals surface area contributed by atoms with Gasteiger partial charge in [0.15, 0.2) is 11.6 Å². The molecule has 7 nitrogen and oxygen atoms in total. The summed E-state index contributed by atoms with van der Waals surface area (Å²) in [6.07, 6.45) is 2.39. The molecule has 0 radical (unpaired) electrons. The zero-order valence-corrected chi connectivity index (χ0v) is 18.9. The van der Waals surface area contributed by atoms with E-state index in [1.54, 1.807) is 26.2 Å². The summed E-state index contributed by atoms with van der Waals surface area (Å²) in [6, 6.07) is 5.92. The number of pyridine rings is 1. The molecule has 1 atom stereocenters. The fraction of sp³-hybridized carbons (Fsp3) is 0.261.